The second-order valence-electron chi connectivity index (χ2n) is 7.47. The molecule has 2 aromatic rings. The minimum absolute atomic E-state index is 0.00390. The minimum atomic E-state index is -1.53. The number of nitrogens with one attached hydrogen (secondary N) is 1. The molecule has 3 atom stereocenters. The van der Waals surface area contributed by atoms with Gasteiger partial charge in [0.05, 0.1) is 23.2 Å². The first-order valence-electron chi connectivity index (χ1n) is 8.98. The Morgan fingerprint density at radius 3 is 2.53 bits per heavy atom. The molecule has 1 heterocycles. The summed E-state index contributed by atoms with van der Waals surface area (Å²) in [6.07, 6.45) is -1.21. The number of aromatic carboxylic acids is 1. The monoisotopic (exact) mass is 414 g/mol. The normalized spacial score (nSPS) is 20.4. The standard InChI is InChI=1S/C21H19FN2O6/c1-21(2)18(25)17(13-7-10(9-23)3-6-15(13)30-21)24-16(20(28)29)11-4-5-14(22)12(8-11)19(26)27/h3-8,16-18,24-25H,1-2H3,(H,26,27)(H,28,29)/t16?,17-,18+/m0/s1. The molecule has 9 heteroatoms. The first-order valence-corrected chi connectivity index (χ1v) is 8.98. The lowest BCUT2D eigenvalue weighted by molar-refractivity contribution is -0.141. The van der Waals surface area contributed by atoms with Crippen LogP contribution in [0.3, 0.4) is 0 Å². The van der Waals surface area contributed by atoms with Crippen molar-refractivity contribution in [2.45, 2.75) is 37.6 Å². The summed E-state index contributed by atoms with van der Waals surface area (Å²) < 4.78 is 19.6. The zero-order valence-corrected chi connectivity index (χ0v) is 16.1. The number of nitrogens with zero attached hydrogens (tertiary/aromatic N) is 1. The van der Waals surface area contributed by atoms with E-state index in [0.717, 1.165) is 18.2 Å². The van der Waals surface area contributed by atoms with Gasteiger partial charge in [0.15, 0.2) is 0 Å². The molecule has 0 amide bonds. The number of aliphatic hydroxyl groups is 1. The van der Waals surface area contributed by atoms with E-state index >= 15 is 0 Å². The number of aliphatic hydroxyl groups excluding tert-OH is 1. The van der Waals surface area contributed by atoms with Crippen molar-refractivity contribution >= 4 is 11.9 Å². The summed E-state index contributed by atoms with van der Waals surface area (Å²) in [5.74, 6) is -3.51. The number of benzene rings is 2. The second-order valence-corrected chi connectivity index (χ2v) is 7.47. The van der Waals surface area contributed by atoms with Crippen LogP contribution in [0.2, 0.25) is 0 Å². The largest absolute Gasteiger partial charge is 0.485 e. The summed E-state index contributed by atoms with van der Waals surface area (Å²) >= 11 is 0. The van der Waals surface area contributed by atoms with Crippen molar-refractivity contribution in [3.63, 3.8) is 0 Å². The molecule has 8 nitrogen and oxygen atoms in total. The lowest BCUT2D eigenvalue weighted by atomic mass is 9.85. The molecule has 0 aromatic heterocycles. The Labute approximate surface area is 171 Å². The van der Waals surface area contributed by atoms with Gasteiger partial charge in [0.1, 0.15) is 29.3 Å². The molecule has 0 saturated heterocycles. The van der Waals surface area contributed by atoms with Gasteiger partial charge < -0.3 is 20.1 Å². The number of fused-ring (bicyclic) bond motifs is 1. The molecule has 1 aliphatic heterocycles. The van der Waals surface area contributed by atoms with Crippen molar-refractivity contribution in [1.29, 1.82) is 5.26 Å². The van der Waals surface area contributed by atoms with E-state index in [0.29, 0.717) is 11.3 Å². The fourth-order valence-corrected chi connectivity index (χ4v) is 3.43. The average molecular weight is 414 g/mol. The summed E-state index contributed by atoms with van der Waals surface area (Å²) in [6.45, 7) is 3.26. The molecule has 0 bridgehead atoms. The molecule has 4 N–H and O–H groups in total. The van der Waals surface area contributed by atoms with Crippen molar-refractivity contribution < 1.29 is 34.0 Å². The van der Waals surface area contributed by atoms with Crippen LogP contribution in [0.15, 0.2) is 36.4 Å². The highest BCUT2D eigenvalue weighted by molar-refractivity contribution is 5.88. The highest BCUT2D eigenvalue weighted by Crippen LogP contribution is 2.41. The number of nitriles is 1. The Morgan fingerprint density at radius 2 is 1.93 bits per heavy atom. The fraction of sp³-hybridized carbons (Fsp3) is 0.286. The molecule has 156 valence electrons. The number of carbonyl (C=O) groups is 2. The summed E-state index contributed by atoms with van der Waals surface area (Å²) in [4.78, 5) is 23.2. The highest BCUT2D eigenvalue weighted by Gasteiger charge is 2.44. The van der Waals surface area contributed by atoms with Gasteiger partial charge in [0.25, 0.3) is 0 Å². The molecule has 0 radical (unpaired) electrons. The van der Waals surface area contributed by atoms with E-state index in [1.807, 2.05) is 6.07 Å². The lowest BCUT2D eigenvalue weighted by Crippen LogP contribution is -2.53. The number of halogens is 1. The maximum absolute atomic E-state index is 13.8. The van der Waals surface area contributed by atoms with Crippen molar-refractivity contribution in [1.82, 2.24) is 5.32 Å². The van der Waals surface area contributed by atoms with E-state index in [-0.39, 0.29) is 11.1 Å². The maximum Gasteiger partial charge on any atom is 0.338 e. The molecule has 0 saturated carbocycles. The molecule has 2 aromatic carbocycles. The maximum atomic E-state index is 13.8. The quantitative estimate of drug-likeness (QED) is 0.585. The van der Waals surface area contributed by atoms with Crippen LogP contribution in [-0.2, 0) is 4.79 Å². The van der Waals surface area contributed by atoms with E-state index in [1.54, 1.807) is 19.9 Å². The van der Waals surface area contributed by atoms with E-state index in [1.165, 1.54) is 12.1 Å². The number of carboxylic acid groups (broad SMARTS) is 2. The van der Waals surface area contributed by atoms with Gasteiger partial charge in [-0.15, -0.1) is 0 Å². The molecule has 3 rings (SSSR count). The second kappa shape index (κ2) is 7.74. The summed E-state index contributed by atoms with van der Waals surface area (Å²) in [5, 5.41) is 41.7. The predicted octanol–water partition coefficient (Wildman–Crippen LogP) is 2.38. The third kappa shape index (κ3) is 3.83. The average Bonchev–Trinajstić information content (AvgIpc) is 2.68. The van der Waals surface area contributed by atoms with Crippen molar-refractivity contribution in [3.8, 4) is 11.8 Å². The number of hydrogen-bond acceptors (Lipinski definition) is 6. The van der Waals surface area contributed by atoms with Crippen LogP contribution in [-0.4, -0.2) is 39.0 Å². The van der Waals surface area contributed by atoms with Gasteiger partial charge in [0, 0.05) is 5.56 Å². The number of carboxylic acids is 2. The lowest BCUT2D eigenvalue weighted by Gasteiger charge is -2.43. The molecule has 1 unspecified atom stereocenters. The Kier molecular flexibility index (Phi) is 5.48. The number of hydrogen-bond donors (Lipinski definition) is 4. The van der Waals surface area contributed by atoms with Gasteiger partial charge in [-0.25, -0.2) is 9.18 Å². The van der Waals surface area contributed by atoms with Crippen molar-refractivity contribution in [2.75, 3.05) is 0 Å². The van der Waals surface area contributed by atoms with Crippen LogP contribution in [0.1, 0.15) is 53.0 Å². The zero-order chi connectivity index (χ0) is 22.2. The van der Waals surface area contributed by atoms with Crippen LogP contribution in [0.4, 0.5) is 4.39 Å². The molecule has 1 aliphatic rings. The van der Waals surface area contributed by atoms with Crippen LogP contribution in [0.25, 0.3) is 0 Å². The van der Waals surface area contributed by atoms with Gasteiger partial charge in [-0.1, -0.05) is 6.07 Å². The molecule has 30 heavy (non-hydrogen) atoms. The zero-order valence-electron chi connectivity index (χ0n) is 16.1. The number of rotatable bonds is 5. The van der Waals surface area contributed by atoms with Gasteiger partial charge in [-0.05, 0) is 49.7 Å². The third-order valence-corrected chi connectivity index (χ3v) is 5.02. The Balaban J connectivity index is 2.07. The summed E-state index contributed by atoms with van der Waals surface area (Å²) in [7, 11) is 0. The molecule has 0 spiro atoms. The summed E-state index contributed by atoms with van der Waals surface area (Å²) in [5.41, 5.74) is -1.08. The SMILES string of the molecule is CC1(C)Oc2ccc(C#N)cc2[C@H](NC(C(=O)O)c2ccc(F)c(C(=O)O)c2)[C@H]1O. The molecule has 0 fully saturated rings. The minimum Gasteiger partial charge on any atom is -0.485 e. The first kappa shape index (κ1) is 21.2. The Bertz CT molecular complexity index is 1060. The van der Waals surface area contributed by atoms with Crippen LogP contribution < -0.4 is 10.1 Å². The number of ether oxygens (including phenoxy) is 1. The van der Waals surface area contributed by atoms with Crippen molar-refractivity contribution in [2.24, 2.45) is 0 Å². The molecular formula is C21H19FN2O6. The van der Waals surface area contributed by atoms with Crippen LogP contribution in [0, 0.1) is 17.1 Å². The van der Waals surface area contributed by atoms with E-state index in [4.69, 9.17) is 9.84 Å². The topological polar surface area (TPSA) is 140 Å². The predicted molar refractivity (Wildman–Crippen MR) is 101 cm³/mol. The van der Waals surface area contributed by atoms with Gasteiger partial charge >= 0.3 is 11.9 Å². The van der Waals surface area contributed by atoms with Crippen LogP contribution >= 0.6 is 0 Å². The smallest absolute Gasteiger partial charge is 0.338 e. The Hall–Kier alpha value is -3.48. The van der Waals surface area contributed by atoms with E-state index in [2.05, 4.69) is 5.32 Å². The van der Waals surface area contributed by atoms with Gasteiger partial charge in [0.2, 0.25) is 0 Å². The van der Waals surface area contributed by atoms with Crippen LogP contribution in [0.5, 0.6) is 5.75 Å². The fourth-order valence-electron chi connectivity index (χ4n) is 3.43. The Morgan fingerprint density at radius 1 is 1.23 bits per heavy atom. The van der Waals surface area contributed by atoms with E-state index in [9.17, 15) is 29.5 Å². The first-order chi connectivity index (χ1) is 14.0. The number of aliphatic carboxylic acids is 1. The molecular weight excluding hydrogens is 395 g/mol. The van der Waals surface area contributed by atoms with Crippen molar-refractivity contribution in [3.05, 3.63) is 64.5 Å². The highest BCUT2D eigenvalue weighted by atomic mass is 19.1. The van der Waals surface area contributed by atoms with Gasteiger partial charge in [-0.2, -0.15) is 5.26 Å². The summed E-state index contributed by atoms with van der Waals surface area (Å²) in [6, 6.07) is 7.12. The van der Waals surface area contributed by atoms with E-state index < -0.39 is 47.1 Å². The van der Waals surface area contributed by atoms with Gasteiger partial charge in [-0.3, -0.25) is 10.1 Å². The molecule has 0 aliphatic carbocycles. The third-order valence-electron chi connectivity index (χ3n) is 5.02.